The fourth-order valence-electron chi connectivity index (χ4n) is 1.40. The van der Waals surface area contributed by atoms with Crippen molar-refractivity contribution in [1.82, 2.24) is 0 Å². The summed E-state index contributed by atoms with van der Waals surface area (Å²) in [6.45, 7) is 9.92. The highest BCUT2D eigenvalue weighted by atomic mass is 16.5. The summed E-state index contributed by atoms with van der Waals surface area (Å²) in [6, 6.07) is 0. The lowest BCUT2D eigenvalue weighted by Crippen LogP contribution is -2.16. The molecule has 0 aromatic carbocycles. The van der Waals surface area contributed by atoms with Gasteiger partial charge < -0.3 is 9.47 Å². The molecule has 0 N–H and O–H groups in total. The van der Waals surface area contributed by atoms with E-state index in [1.165, 1.54) is 13.8 Å². The van der Waals surface area contributed by atoms with E-state index in [1.54, 1.807) is 12.2 Å². The number of carbonyl (C=O) groups excluding carboxylic acids is 2. The topological polar surface area (TPSA) is 52.6 Å². The maximum atomic E-state index is 10.8. The highest BCUT2D eigenvalue weighted by Crippen LogP contribution is 2.11. The number of hydrogen-bond donors (Lipinski definition) is 0. The Balaban J connectivity index is 3.92. The van der Waals surface area contributed by atoms with E-state index in [-0.39, 0.29) is 24.1 Å². The summed E-state index contributed by atoms with van der Waals surface area (Å²) in [5.74, 6) is -0.648. The molecule has 0 saturated heterocycles. The van der Waals surface area contributed by atoms with Crippen molar-refractivity contribution in [3.05, 3.63) is 25.3 Å². The summed E-state index contributed by atoms with van der Waals surface area (Å²) in [6.07, 6.45) is 4.70. The summed E-state index contributed by atoms with van der Waals surface area (Å²) in [5, 5.41) is 0. The molecule has 0 aromatic heterocycles. The molecule has 4 nitrogen and oxygen atoms in total. The first-order valence-corrected chi connectivity index (χ1v) is 5.59. The van der Waals surface area contributed by atoms with Gasteiger partial charge in [-0.25, -0.2) is 0 Å². The van der Waals surface area contributed by atoms with Gasteiger partial charge in [0.05, 0.1) is 0 Å². The Labute approximate surface area is 102 Å². The van der Waals surface area contributed by atoms with Crippen LogP contribution in [0.1, 0.15) is 33.1 Å². The number of ether oxygens (including phenoxy) is 2. The van der Waals surface area contributed by atoms with Gasteiger partial charge in [-0.1, -0.05) is 25.3 Å². The van der Waals surface area contributed by atoms with Gasteiger partial charge in [0.15, 0.2) is 0 Å². The summed E-state index contributed by atoms with van der Waals surface area (Å²) < 4.78 is 10.0. The van der Waals surface area contributed by atoms with Crippen LogP contribution in [0.3, 0.4) is 0 Å². The van der Waals surface area contributed by atoms with Gasteiger partial charge in [-0.15, -0.1) is 0 Å². The molecular weight excluding hydrogens is 220 g/mol. The number of carbonyl (C=O) groups is 2. The zero-order chi connectivity index (χ0) is 13.3. The Kier molecular flexibility index (Phi) is 7.76. The van der Waals surface area contributed by atoms with Crippen molar-refractivity contribution in [2.45, 2.75) is 45.3 Å². The van der Waals surface area contributed by atoms with Gasteiger partial charge in [0.1, 0.15) is 12.2 Å². The molecule has 0 amide bonds. The molecule has 0 saturated carbocycles. The Hall–Kier alpha value is -1.58. The minimum Gasteiger partial charge on any atom is -0.458 e. The molecule has 4 heteroatoms. The maximum Gasteiger partial charge on any atom is 0.303 e. The number of hydrogen-bond acceptors (Lipinski definition) is 4. The molecule has 0 aromatic rings. The maximum absolute atomic E-state index is 10.8. The van der Waals surface area contributed by atoms with Crippen LogP contribution in [0.2, 0.25) is 0 Å². The molecule has 2 atom stereocenters. The standard InChI is InChI=1S/C13H20O4/c1-5-12(16-10(3)14)8-7-9-13(6-2)17-11(4)15/h5-6,12-13H,1-2,7-9H2,3-4H3/t12-,13-/m0/s1. The van der Waals surface area contributed by atoms with E-state index < -0.39 is 0 Å². The highest BCUT2D eigenvalue weighted by Gasteiger charge is 2.11. The lowest BCUT2D eigenvalue weighted by molar-refractivity contribution is -0.144. The van der Waals surface area contributed by atoms with Crippen LogP contribution in [-0.2, 0) is 19.1 Å². The van der Waals surface area contributed by atoms with Crippen molar-refractivity contribution in [3.8, 4) is 0 Å². The molecule has 0 unspecified atom stereocenters. The van der Waals surface area contributed by atoms with Crippen LogP contribution >= 0.6 is 0 Å². The van der Waals surface area contributed by atoms with Crippen LogP contribution in [0.25, 0.3) is 0 Å². The average molecular weight is 240 g/mol. The third kappa shape index (κ3) is 8.25. The van der Waals surface area contributed by atoms with Gasteiger partial charge >= 0.3 is 11.9 Å². The van der Waals surface area contributed by atoms with Crippen molar-refractivity contribution in [3.63, 3.8) is 0 Å². The van der Waals surface area contributed by atoms with Gasteiger partial charge in [0, 0.05) is 13.8 Å². The zero-order valence-electron chi connectivity index (χ0n) is 10.5. The molecule has 0 aliphatic rings. The molecule has 0 fully saturated rings. The van der Waals surface area contributed by atoms with Crippen molar-refractivity contribution >= 4 is 11.9 Å². The Bertz CT molecular complexity index is 255. The molecule has 0 aliphatic heterocycles. The molecule has 0 spiro atoms. The summed E-state index contributed by atoms with van der Waals surface area (Å²) in [4.78, 5) is 21.5. The van der Waals surface area contributed by atoms with Gasteiger partial charge in [-0.05, 0) is 19.3 Å². The van der Waals surface area contributed by atoms with Crippen LogP contribution in [0.5, 0.6) is 0 Å². The highest BCUT2D eigenvalue weighted by molar-refractivity contribution is 5.66. The van der Waals surface area contributed by atoms with Crippen molar-refractivity contribution < 1.29 is 19.1 Å². The van der Waals surface area contributed by atoms with Crippen LogP contribution in [-0.4, -0.2) is 24.1 Å². The average Bonchev–Trinajstić information content (AvgIpc) is 2.25. The number of rotatable bonds is 8. The zero-order valence-corrected chi connectivity index (χ0v) is 10.5. The predicted molar refractivity (Wildman–Crippen MR) is 65.4 cm³/mol. The van der Waals surface area contributed by atoms with Gasteiger partial charge in [0.2, 0.25) is 0 Å². The van der Waals surface area contributed by atoms with Gasteiger partial charge in [-0.2, -0.15) is 0 Å². The van der Waals surface area contributed by atoms with Crippen molar-refractivity contribution in [1.29, 1.82) is 0 Å². The van der Waals surface area contributed by atoms with Crippen molar-refractivity contribution in [2.24, 2.45) is 0 Å². The van der Waals surface area contributed by atoms with E-state index in [2.05, 4.69) is 13.2 Å². The van der Waals surface area contributed by atoms with E-state index >= 15 is 0 Å². The first-order valence-electron chi connectivity index (χ1n) is 5.59. The second kappa shape index (κ2) is 8.56. The largest absolute Gasteiger partial charge is 0.458 e. The molecule has 0 aliphatic carbocycles. The van der Waals surface area contributed by atoms with Crippen LogP contribution in [0, 0.1) is 0 Å². The Morgan fingerprint density at radius 3 is 1.59 bits per heavy atom. The smallest absolute Gasteiger partial charge is 0.303 e. The molecule has 96 valence electrons. The first-order chi connectivity index (χ1) is 7.99. The molecule has 0 heterocycles. The number of esters is 2. The van der Waals surface area contributed by atoms with E-state index in [1.807, 2.05) is 0 Å². The Morgan fingerprint density at radius 1 is 1.00 bits per heavy atom. The summed E-state index contributed by atoms with van der Waals surface area (Å²) >= 11 is 0. The second-order valence-electron chi connectivity index (χ2n) is 3.70. The lowest BCUT2D eigenvalue weighted by Gasteiger charge is -2.15. The van der Waals surface area contributed by atoms with Gasteiger partial charge in [0.25, 0.3) is 0 Å². The monoisotopic (exact) mass is 240 g/mol. The van der Waals surface area contributed by atoms with Crippen LogP contribution in [0.4, 0.5) is 0 Å². The molecule has 0 bridgehead atoms. The summed E-state index contributed by atoms with van der Waals surface area (Å²) in [5.41, 5.74) is 0. The molecular formula is C13H20O4. The molecule has 0 rings (SSSR count). The fraction of sp³-hybridized carbons (Fsp3) is 0.538. The lowest BCUT2D eigenvalue weighted by atomic mass is 10.1. The van der Waals surface area contributed by atoms with Crippen LogP contribution < -0.4 is 0 Å². The van der Waals surface area contributed by atoms with Crippen molar-refractivity contribution in [2.75, 3.05) is 0 Å². The predicted octanol–water partition coefficient (Wildman–Crippen LogP) is 2.39. The fourth-order valence-corrected chi connectivity index (χ4v) is 1.40. The minimum absolute atomic E-state index is 0.282. The molecule has 17 heavy (non-hydrogen) atoms. The SMILES string of the molecule is C=C[C@@H](CCC[C@H](C=C)OC(C)=O)OC(C)=O. The van der Waals surface area contributed by atoms with E-state index in [0.717, 1.165) is 6.42 Å². The third-order valence-corrected chi connectivity index (χ3v) is 2.14. The summed E-state index contributed by atoms with van der Waals surface area (Å²) in [7, 11) is 0. The van der Waals surface area contributed by atoms with Gasteiger partial charge in [-0.3, -0.25) is 9.59 Å². The van der Waals surface area contributed by atoms with E-state index in [0.29, 0.717) is 12.8 Å². The normalized spacial score (nSPS) is 13.3. The van der Waals surface area contributed by atoms with E-state index in [9.17, 15) is 9.59 Å². The quantitative estimate of drug-likeness (QED) is 0.483. The van der Waals surface area contributed by atoms with Crippen LogP contribution in [0.15, 0.2) is 25.3 Å². The first kappa shape index (κ1) is 15.4. The Morgan fingerprint density at radius 2 is 1.35 bits per heavy atom. The molecule has 0 radical (unpaired) electrons. The van der Waals surface area contributed by atoms with E-state index in [4.69, 9.17) is 9.47 Å². The second-order valence-corrected chi connectivity index (χ2v) is 3.70. The third-order valence-electron chi connectivity index (χ3n) is 2.14. The minimum atomic E-state index is -0.324.